The third kappa shape index (κ3) is 10.4. The summed E-state index contributed by atoms with van der Waals surface area (Å²) < 4.78 is 11.1. The standard InChI is InChI=1S/C22H45N5O2.HI/c1-5-23-22(27-10-8-21(9-11-27)29-17-7-16-28-4)24-18-20(3)19-26-14-12-25(6-2)13-15-26;/h20-21H,5-19H2,1-4H3,(H,23,24);1H. The molecule has 0 aliphatic carbocycles. The summed E-state index contributed by atoms with van der Waals surface area (Å²) in [5.41, 5.74) is 0. The average molecular weight is 540 g/mol. The molecule has 7 nitrogen and oxygen atoms in total. The molecule has 0 radical (unpaired) electrons. The molecule has 0 aromatic heterocycles. The van der Waals surface area contributed by atoms with Crippen LogP contribution >= 0.6 is 24.0 Å². The molecule has 0 aromatic carbocycles. The number of hydrogen-bond donors (Lipinski definition) is 1. The summed E-state index contributed by atoms with van der Waals surface area (Å²) in [6.45, 7) is 19.3. The van der Waals surface area contributed by atoms with E-state index in [9.17, 15) is 0 Å². The average Bonchev–Trinajstić information content (AvgIpc) is 2.75. The number of likely N-dealkylation sites (N-methyl/N-ethyl adjacent to an activating group) is 1. The summed E-state index contributed by atoms with van der Waals surface area (Å²) in [4.78, 5) is 12.5. The Morgan fingerprint density at radius 2 is 1.70 bits per heavy atom. The number of guanidine groups is 1. The minimum absolute atomic E-state index is 0. The largest absolute Gasteiger partial charge is 0.385 e. The summed E-state index contributed by atoms with van der Waals surface area (Å²) in [6, 6.07) is 0. The summed E-state index contributed by atoms with van der Waals surface area (Å²) in [6.07, 6.45) is 3.52. The number of nitrogens with zero attached hydrogens (tertiary/aromatic N) is 4. The van der Waals surface area contributed by atoms with Crippen LogP contribution in [-0.2, 0) is 9.47 Å². The van der Waals surface area contributed by atoms with E-state index in [1.165, 1.54) is 32.7 Å². The van der Waals surface area contributed by atoms with E-state index in [4.69, 9.17) is 14.5 Å². The SMILES string of the molecule is CCNC(=NCC(C)CN1CCN(CC)CC1)N1CCC(OCCCOC)CC1.I. The number of hydrogen-bond acceptors (Lipinski definition) is 5. The van der Waals surface area contributed by atoms with Gasteiger partial charge >= 0.3 is 0 Å². The Kier molecular flexibility index (Phi) is 15.3. The van der Waals surface area contributed by atoms with Crippen LogP contribution in [0.25, 0.3) is 0 Å². The summed E-state index contributed by atoms with van der Waals surface area (Å²) >= 11 is 0. The monoisotopic (exact) mass is 539 g/mol. The van der Waals surface area contributed by atoms with Crippen LogP contribution in [0.5, 0.6) is 0 Å². The second-order valence-corrected chi connectivity index (χ2v) is 8.44. The highest BCUT2D eigenvalue weighted by Gasteiger charge is 2.22. The van der Waals surface area contributed by atoms with Crippen molar-refractivity contribution in [3.05, 3.63) is 0 Å². The van der Waals surface area contributed by atoms with E-state index >= 15 is 0 Å². The number of methoxy groups -OCH3 is 1. The first-order valence-corrected chi connectivity index (χ1v) is 11.7. The van der Waals surface area contributed by atoms with Crippen molar-refractivity contribution in [1.82, 2.24) is 20.0 Å². The van der Waals surface area contributed by atoms with E-state index in [0.29, 0.717) is 12.0 Å². The van der Waals surface area contributed by atoms with E-state index in [-0.39, 0.29) is 24.0 Å². The summed E-state index contributed by atoms with van der Waals surface area (Å²) in [5.74, 6) is 1.66. The van der Waals surface area contributed by atoms with Crippen molar-refractivity contribution < 1.29 is 9.47 Å². The molecule has 178 valence electrons. The zero-order valence-electron chi connectivity index (χ0n) is 19.8. The quantitative estimate of drug-likeness (QED) is 0.188. The highest BCUT2D eigenvalue weighted by molar-refractivity contribution is 14.0. The fourth-order valence-corrected chi connectivity index (χ4v) is 4.14. The van der Waals surface area contributed by atoms with Gasteiger partial charge in [0.2, 0.25) is 0 Å². The van der Waals surface area contributed by atoms with E-state index in [0.717, 1.165) is 71.2 Å². The number of likely N-dealkylation sites (tertiary alicyclic amines) is 1. The molecule has 0 spiro atoms. The zero-order valence-corrected chi connectivity index (χ0v) is 22.1. The Morgan fingerprint density at radius 3 is 2.30 bits per heavy atom. The van der Waals surface area contributed by atoms with E-state index in [1.54, 1.807) is 7.11 Å². The van der Waals surface area contributed by atoms with E-state index < -0.39 is 0 Å². The normalized spacial score (nSPS) is 20.8. The Labute approximate surface area is 201 Å². The topological polar surface area (TPSA) is 52.6 Å². The summed E-state index contributed by atoms with van der Waals surface area (Å²) in [7, 11) is 1.74. The van der Waals surface area contributed by atoms with Gasteiger partial charge in [-0.1, -0.05) is 13.8 Å². The Morgan fingerprint density at radius 1 is 1.03 bits per heavy atom. The van der Waals surface area contributed by atoms with Gasteiger partial charge < -0.3 is 29.5 Å². The van der Waals surface area contributed by atoms with E-state index in [2.05, 4.69) is 40.8 Å². The van der Waals surface area contributed by atoms with Crippen molar-refractivity contribution in [3.63, 3.8) is 0 Å². The van der Waals surface area contributed by atoms with Crippen molar-refractivity contribution in [2.45, 2.75) is 46.1 Å². The second-order valence-electron chi connectivity index (χ2n) is 8.44. The van der Waals surface area contributed by atoms with Gasteiger partial charge in [0.05, 0.1) is 6.10 Å². The van der Waals surface area contributed by atoms with Gasteiger partial charge in [-0.05, 0) is 38.6 Å². The number of aliphatic imine (C=N–C) groups is 1. The second kappa shape index (κ2) is 16.5. The maximum Gasteiger partial charge on any atom is 0.193 e. The molecule has 2 saturated heterocycles. The minimum atomic E-state index is 0. The lowest BCUT2D eigenvalue weighted by Gasteiger charge is -2.35. The summed E-state index contributed by atoms with van der Waals surface area (Å²) in [5, 5.41) is 3.50. The molecule has 0 aromatic rings. The Balaban J connectivity index is 0.00000450. The Bertz CT molecular complexity index is 453. The number of nitrogens with one attached hydrogen (secondary N) is 1. The van der Waals surface area contributed by atoms with Crippen molar-refractivity contribution >= 4 is 29.9 Å². The number of ether oxygens (including phenoxy) is 2. The van der Waals surface area contributed by atoms with Gasteiger partial charge in [0.25, 0.3) is 0 Å². The molecule has 0 bridgehead atoms. The maximum absolute atomic E-state index is 6.00. The Hall–Kier alpha value is -0.160. The zero-order chi connectivity index (χ0) is 20.9. The van der Waals surface area contributed by atoms with Crippen molar-refractivity contribution in [2.24, 2.45) is 10.9 Å². The molecule has 2 heterocycles. The van der Waals surface area contributed by atoms with Gasteiger partial charge in [-0.2, -0.15) is 0 Å². The fourth-order valence-electron chi connectivity index (χ4n) is 4.14. The highest BCUT2D eigenvalue weighted by Crippen LogP contribution is 2.14. The van der Waals surface area contributed by atoms with Crippen LogP contribution in [0.15, 0.2) is 4.99 Å². The van der Waals surface area contributed by atoms with Crippen LogP contribution in [-0.4, -0.2) is 113 Å². The minimum Gasteiger partial charge on any atom is -0.385 e. The first-order chi connectivity index (χ1) is 14.2. The molecule has 2 aliphatic heterocycles. The van der Waals surface area contributed by atoms with Crippen LogP contribution in [0.4, 0.5) is 0 Å². The van der Waals surface area contributed by atoms with Gasteiger partial charge in [0, 0.05) is 79.2 Å². The highest BCUT2D eigenvalue weighted by atomic mass is 127. The van der Waals surface area contributed by atoms with Crippen molar-refractivity contribution in [1.29, 1.82) is 0 Å². The molecule has 1 atom stereocenters. The molecular formula is C22H46IN5O2. The lowest BCUT2D eigenvalue weighted by molar-refractivity contribution is 0.00989. The molecule has 1 unspecified atom stereocenters. The van der Waals surface area contributed by atoms with Crippen LogP contribution in [0.2, 0.25) is 0 Å². The first kappa shape index (κ1) is 27.9. The lowest BCUT2D eigenvalue weighted by atomic mass is 10.1. The first-order valence-electron chi connectivity index (χ1n) is 11.7. The number of halogens is 1. The van der Waals surface area contributed by atoms with Gasteiger partial charge in [-0.25, -0.2) is 0 Å². The van der Waals surface area contributed by atoms with E-state index in [1.807, 2.05) is 0 Å². The number of rotatable bonds is 11. The molecule has 0 saturated carbocycles. The van der Waals surface area contributed by atoms with Crippen LogP contribution in [0.3, 0.4) is 0 Å². The number of piperazine rings is 1. The number of piperidine rings is 1. The van der Waals surface area contributed by atoms with Crippen LogP contribution in [0, 0.1) is 5.92 Å². The van der Waals surface area contributed by atoms with Crippen molar-refractivity contribution in [2.75, 3.05) is 85.8 Å². The molecule has 2 aliphatic rings. The van der Waals surface area contributed by atoms with Gasteiger partial charge in [-0.15, -0.1) is 24.0 Å². The maximum atomic E-state index is 6.00. The van der Waals surface area contributed by atoms with Crippen LogP contribution in [0.1, 0.15) is 40.0 Å². The fraction of sp³-hybridized carbons (Fsp3) is 0.955. The van der Waals surface area contributed by atoms with Gasteiger partial charge in [0.15, 0.2) is 5.96 Å². The molecule has 8 heteroatoms. The van der Waals surface area contributed by atoms with Gasteiger partial charge in [0.1, 0.15) is 0 Å². The predicted molar refractivity (Wildman–Crippen MR) is 136 cm³/mol. The third-order valence-electron chi connectivity index (χ3n) is 5.96. The molecule has 30 heavy (non-hydrogen) atoms. The predicted octanol–water partition coefficient (Wildman–Crippen LogP) is 2.36. The lowest BCUT2D eigenvalue weighted by Crippen LogP contribution is -2.48. The molecular weight excluding hydrogens is 493 g/mol. The molecule has 2 fully saturated rings. The molecule has 1 N–H and O–H groups in total. The molecule has 0 amide bonds. The van der Waals surface area contributed by atoms with Crippen LogP contribution < -0.4 is 5.32 Å². The third-order valence-corrected chi connectivity index (χ3v) is 5.96. The smallest absolute Gasteiger partial charge is 0.193 e. The molecule has 2 rings (SSSR count). The van der Waals surface area contributed by atoms with Gasteiger partial charge in [-0.3, -0.25) is 4.99 Å². The van der Waals surface area contributed by atoms with Crippen molar-refractivity contribution in [3.8, 4) is 0 Å².